The second kappa shape index (κ2) is 6.79. The monoisotopic (exact) mass is 347 g/mol. The van der Waals surface area contributed by atoms with Gasteiger partial charge in [-0.1, -0.05) is 25.1 Å². The van der Waals surface area contributed by atoms with E-state index >= 15 is 0 Å². The molecule has 4 aromatic rings. The lowest BCUT2D eigenvalue weighted by Gasteiger charge is -2.11. The number of ether oxygens (including phenoxy) is 1. The molecule has 0 radical (unpaired) electrons. The number of para-hydroxylation sites is 2. The van der Waals surface area contributed by atoms with Gasteiger partial charge in [-0.25, -0.2) is 9.67 Å². The van der Waals surface area contributed by atoms with Crippen LogP contribution in [0.4, 0.5) is 0 Å². The molecule has 0 aliphatic rings. The molecule has 0 aliphatic heterocycles. The van der Waals surface area contributed by atoms with Crippen molar-refractivity contribution in [3.8, 4) is 22.8 Å². The summed E-state index contributed by atoms with van der Waals surface area (Å²) < 4.78 is 7.41. The Morgan fingerprint density at radius 1 is 1.12 bits per heavy atom. The number of aromatic amines is 1. The fourth-order valence-electron chi connectivity index (χ4n) is 2.78. The number of rotatable bonds is 5. The zero-order valence-electron chi connectivity index (χ0n) is 14.2. The minimum Gasteiger partial charge on any atom is -0.491 e. The summed E-state index contributed by atoms with van der Waals surface area (Å²) in [5.41, 5.74) is 2.48. The van der Waals surface area contributed by atoms with Gasteiger partial charge in [-0.05, 0) is 30.7 Å². The third kappa shape index (κ3) is 2.73. The summed E-state index contributed by atoms with van der Waals surface area (Å²) >= 11 is 0. The highest BCUT2D eigenvalue weighted by Gasteiger charge is 2.20. The summed E-state index contributed by atoms with van der Waals surface area (Å²) in [6.45, 7) is 2.62. The van der Waals surface area contributed by atoms with E-state index in [2.05, 4.69) is 20.1 Å². The largest absolute Gasteiger partial charge is 0.491 e. The van der Waals surface area contributed by atoms with Gasteiger partial charge in [0.25, 0.3) is 5.56 Å². The van der Waals surface area contributed by atoms with Crippen molar-refractivity contribution in [3.05, 3.63) is 65.3 Å². The fraction of sp³-hybridized carbons (Fsp3) is 0.158. The Kier molecular flexibility index (Phi) is 4.18. The van der Waals surface area contributed by atoms with Crippen molar-refractivity contribution >= 4 is 11.0 Å². The highest BCUT2D eigenvalue weighted by molar-refractivity contribution is 5.89. The number of benzene rings is 1. The summed E-state index contributed by atoms with van der Waals surface area (Å²) in [5.74, 6) is 0.662. The molecule has 26 heavy (non-hydrogen) atoms. The van der Waals surface area contributed by atoms with Gasteiger partial charge in [0.05, 0.1) is 18.6 Å². The number of fused-ring (bicyclic) bond motifs is 1. The molecule has 0 amide bonds. The second-order valence-electron chi connectivity index (χ2n) is 5.72. The molecule has 7 heteroatoms. The molecule has 7 nitrogen and oxygen atoms in total. The molecule has 1 N–H and O–H groups in total. The number of pyridine rings is 1. The lowest BCUT2D eigenvalue weighted by molar-refractivity contribution is 0.316. The van der Waals surface area contributed by atoms with Crippen molar-refractivity contribution in [2.75, 3.05) is 6.61 Å². The number of hydrogen-bond donors (Lipinski definition) is 1. The van der Waals surface area contributed by atoms with Crippen molar-refractivity contribution in [2.45, 2.75) is 13.3 Å². The molecule has 0 unspecified atom stereocenters. The van der Waals surface area contributed by atoms with Gasteiger partial charge in [0.15, 0.2) is 5.52 Å². The molecule has 0 fully saturated rings. The van der Waals surface area contributed by atoms with Gasteiger partial charge in [0.2, 0.25) is 0 Å². The predicted molar refractivity (Wildman–Crippen MR) is 98.5 cm³/mol. The van der Waals surface area contributed by atoms with Crippen molar-refractivity contribution in [2.24, 2.45) is 0 Å². The molecular formula is C19H17N5O2. The van der Waals surface area contributed by atoms with Gasteiger partial charge in [0, 0.05) is 6.20 Å². The van der Waals surface area contributed by atoms with Crippen molar-refractivity contribution in [1.29, 1.82) is 0 Å². The normalized spacial score (nSPS) is 11.0. The van der Waals surface area contributed by atoms with Crippen molar-refractivity contribution < 1.29 is 4.74 Å². The molecule has 0 spiro atoms. The third-order valence-corrected chi connectivity index (χ3v) is 3.93. The van der Waals surface area contributed by atoms with Crippen LogP contribution in [-0.2, 0) is 0 Å². The molecule has 3 heterocycles. The fourth-order valence-corrected chi connectivity index (χ4v) is 2.78. The Morgan fingerprint density at radius 3 is 2.77 bits per heavy atom. The van der Waals surface area contributed by atoms with Crippen LogP contribution in [0.5, 0.6) is 5.75 Å². The summed E-state index contributed by atoms with van der Waals surface area (Å²) in [6, 6.07) is 13.1. The Labute approximate surface area is 149 Å². The van der Waals surface area contributed by atoms with Gasteiger partial charge < -0.3 is 9.72 Å². The molecule has 1 aromatic carbocycles. The predicted octanol–water partition coefficient (Wildman–Crippen LogP) is 2.96. The van der Waals surface area contributed by atoms with Crippen LogP contribution < -0.4 is 10.3 Å². The van der Waals surface area contributed by atoms with Crippen LogP contribution in [0.2, 0.25) is 0 Å². The van der Waals surface area contributed by atoms with Crippen LogP contribution in [0.3, 0.4) is 0 Å². The Bertz CT molecular complexity index is 1100. The summed E-state index contributed by atoms with van der Waals surface area (Å²) in [6.07, 6.45) is 3.95. The summed E-state index contributed by atoms with van der Waals surface area (Å²) in [5, 5.41) is 4.65. The molecule has 3 aromatic heterocycles. The molecular weight excluding hydrogens is 330 g/mol. The third-order valence-electron chi connectivity index (χ3n) is 3.93. The van der Waals surface area contributed by atoms with Gasteiger partial charge in [0.1, 0.15) is 22.6 Å². The first-order valence-corrected chi connectivity index (χ1v) is 8.39. The van der Waals surface area contributed by atoms with E-state index < -0.39 is 0 Å². The quantitative estimate of drug-likeness (QED) is 0.600. The number of H-pyrrole nitrogens is 1. The van der Waals surface area contributed by atoms with Crippen molar-refractivity contribution in [3.63, 3.8) is 0 Å². The topological polar surface area (TPSA) is 85.7 Å². The average Bonchev–Trinajstić information content (AvgIpc) is 3.08. The van der Waals surface area contributed by atoms with E-state index in [0.717, 1.165) is 6.42 Å². The second-order valence-corrected chi connectivity index (χ2v) is 5.72. The molecule has 0 bridgehead atoms. The van der Waals surface area contributed by atoms with Crippen LogP contribution in [0.1, 0.15) is 13.3 Å². The molecule has 0 aliphatic carbocycles. The van der Waals surface area contributed by atoms with Crippen LogP contribution in [0, 0.1) is 0 Å². The van der Waals surface area contributed by atoms with Crippen LogP contribution in [0.25, 0.3) is 28.1 Å². The molecule has 4 rings (SSSR count). The van der Waals surface area contributed by atoms with Gasteiger partial charge in [-0.3, -0.25) is 9.78 Å². The van der Waals surface area contributed by atoms with Crippen molar-refractivity contribution in [1.82, 2.24) is 24.7 Å². The maximum Gasteiger partial charge on any atom is 0.277 e. The van der Waals surface area contributed by atoms with Gasteiger partial charge >= 0.3 is 0 Å². The highest BCUT2D eigenvalue weighted by Crippen LogP contribution is 2.29. The highest BCUT2D eigenvalue weighted by atomic mass is 16.5. The van der Waals surface area contributed by atoms with E-state index in [-0.39, 0.29) is 5.56 Å². The lowest BCUT2D eigenvalue weighted by atomic mass is 10.2. The smallest absolute Gasteiger partial charge is 0.277 e. The molecule has 0 saturated heterocycles. The number of nitrogens with one attached hydrogen (secondary N) is 1. The first-order valence-electron chi connectivity index (χ1n) is 8.39. The maximum absolute atomic E-state index is 12.5. The first kappa shape index (κ1) is 16.0. The Morgan fingerprint density at radius 2 is 1.96 bits per heavy atom. The van der Waals surface area contributed by atoms with Crippen LogP contribution >= 0.6 is 0 Å². The summed E-state index contributed by atoms with van der Waals surface area (Å²) in [7, 11) is 0. The average molecular weight is 347 g/mol. The Balaban J connectivity index is 1.99. The minimum absolute atomic E-state index is 0.269. The SMILES string of the molecule is CCCOc1ccccc1-n1nc(-c2ccccn2)c2nc[nH]c(=O)c21. The van der Waals surface area contributed by atoms with Gasteiger partial charge in [-0.2, -0.15) is 5.10 Å². The number of hydrogen-bond acceptors (Lipinski definition) is 5. The number of aromatic nitrogens is 5. The van der Waals surface area contributed by atoms with E-state index in [1.807, 2.05) is 49.4 Å². The van der Waals surface area contributed by atoms with E-state index in [1.54, 1.807) is 10.9 Å². The number of nitrogens with zero attached hydrogens (tertiary/aromatic N) is 4. The maximum atomic E-state index is 12.5. The van der Waals surface area contributed by atoms with E-state index in [4.69, 9.17) is 4.74 Å². The molecule has 0 atom stereocenters. The molecule has 130 valence electrons. The van der Waals surface area contributed by atoms with Crippen LogP contribution in [0.15, 0.2) is 59.8 Å². The van der Waals surface area contributed by atoms with E-state index in [9.17, 15) is 4.79 Å². The molecule has 0 saturated carbocycles. The summed E-state index contributed by atoms with van der Waals surface area (Å²) in [4.78, 5) is 23.8. The lowest BCUT2D eigenvalue weighted by Crippen LogP contribution is -2.12. The van der Waals surface area contributed by atoms with E-state index in [1.165, 1.54) is 6.33 Å². The zero-order valence-corrected chi connectivity index (χ0v) is 14.2. The standard InChI is InChI=1S/C19H17N5O2/c1-2-11-26-15-9-4-3-8-14(15)24-18-17(21-12-22-19(18)25)16(23-24)13-7-5-6-10-20-13/h3-10,12H,2,11H2,1H3,(H,21,22,25). The van der Waals surface area contributed by atoms with Crippen LogP contribution in [-0.4, -0.2) is 31.3 Å². The Hall–Kier alpha value is -3.48. The first-order chi connectivity index (χ1) is 12.8. The zero-order chi connectivity index (χ0) is 17.9. The minimum atomic E-state index is -0.269. The van der Waals surface area contributed by atoms with E-state index in [0.29, 0.717) is 40.5 Å². The van der Waals surface area contributed by atoms with Gasteiger partial charge in [-0.15, -0.1) is 0 Å².